The molecule has 0 radical (unpaired) electrons. The number of ether oxygens (including phenoxy) is 2. The first-order chi connectivity index (χ1) is 27.3. The monoisotopic (exact) mass is 937 g/mol. The van der Waals surface area contributed by atoms with Gasteiger partial charge in [-0.3, -0.25) is 29.5 Å². The first-order valence-electron chi connectivity index (χ1n) is 18.1. The van der Waals surface area contributed by atoms with Gasteiger partial charge in [-0.2, -0.15) is 5.01 Å². The zero-order valence-electron chi connectivity index (χ0n) is 30.5. The zero-order valence-corrected chi connectivity index (χ0v) is 35.2. The Hall–Kier alpha value is -4.56. The first kappa shape index (κ1) is 39.3. The number of phenolic OH excluding ortho intramolecular Hbond substituents is 2. The van der Waals surface area contributed by atoms with Crippen molar-refractivity contribution in [3.63, 3.8) is 0 Å². The summed E-state index contributed by atoms with van der Waals surface area (Å²) in [6, 6.07) is 19.9. The molecule has 57 heavy (non-hydrogen) atoms. The van der Waals surface area contributed by atoms with Gasteiger partial charge in [0.05, 0.1) is 52.6 Å². The van der Waals surface area contributed by atoms with E-state index in [0.29, 0.717) is 32.8 Å². The smallest absolute Gasteiger partial charge is 0.260 e. The van der Waals surface area contributed by atoms with Crippen molar-refractivity contribution in [2.75, 3.05) is 26.2 Å². The van der Waals surface area contributed by atoms with Crippen molar-refractivity contribution in [1.29, 1.82) is 0 Å². The summed E-state index contributed by atoms with van der Waals surface area (Å²) in [6.07, 6.45) is 2.65. The highest BCUT2D eigenvalue weighted by Gasteiger charge is 2.70. The number of hydrogen-bond donors (Lipinski definition) is 3. The van der Waals surface area contributed by atoms with Gasteiger partial charge in [0.15, 0.2) is 11.5 Å². The maximum absolute atomic E-state index is 15.6. The number of benzene rings is 4. The number of likely N-dealkylation sites (tertiary alicyclic amines) is 1. The number of methoxy groups -OCH3 is 2. The lowest BCUT2D eigenvalue weighted by Gasteiger charge is -2.51. The number of carbonyl (C=O) groups excluding carboxylic acids is 4. The van der Waals surface area contributed by atoms with Crippen LogP contribution in [0.5, 0.6) is 23.0 Å². The third-order valence-corrected chi connectivity index (χ3v) is 14.6. The zero-order chi connectivity index (χ0) is 40.5. The summed E-state index contributed by atoms with van der Waals surface area (Å²) < 4.78 is 11.8. The number of fused-ring (bicyclic) bond motifs is 4. The molecule has 0 unspecified atom stereocenters. The molecule has 4 aromatic carbocycles. The fraction of sp³-hybridized carbons (Fsp3) is 0.286. The number of hydrogen-bond acceptors (Lipinski definition) is 9. The quantitative estimate of drug-likeness (QED) is 0.112. The summed E-state index contributed by atoms with van der Waals surface area (Å²) >= 11 is 20.0. The van der Waals surface area contributed by atoms with E-state index in [1.807, 2.05) is 6.08 Å². The van der Waals surface area contributed by atoms with Crippen LogP contribution in [0.25, 0.3) is 0 Å². The van der Waals surface area contributed by atoms with E-state index in [-0.39, 0.29) is 63.6 Å². The molecule has 0 spiro atoms. The van der Waals surface area contributed by atoms with E-state index in [0.717, 1.165) is 16.1 Å². The maximum Gasteiger partial charge on any atom is 0.260 e. The van der Waals surface area contributed by atoms with Gasteiger partial charge in [-0.15, -0.1) is 0 Å². The molecule has 11 nitrogen and oxygen atoms in total. The molecule has 2 aliphatic heterocycles. The van der Waals surface area contributed by atoms with Crippen LogP contribution in [-0.2, 0) is 31.0 Å². The van der Waals surface area contributed by atoms with E-state index in [4.69, 9.17) is 32.7 Å². The van der Waals surface area contributed by atoms with E-state index in [9.17, 15) is 19.8 Å². The van der Waals surface area contributed by atoms with Gasteiger partial charge in [0.1, 0.15) is 11.5 Å². The molecule has 3 fully saturated rings. The highest BCUT2D eigenvalue weighted by Crippen LogP contribution is 2.65. The second-order valence-corrected chi connectivity index (χ2v) is 17.0. The normalized spacial score (nSPS) is 25.2. The summed E-state index contributed by atoms with van der Waals surface area (Å²) in [5.74, 6) is -5.21. The number of imide groups is 2. The molecular formula is C42H35Br2Cl2N3O8. The minimum Gasteiger partial charge on any atom is -0.508 e. The van der Waals surface area contributed by atoms with Crippen molar-refractivity contribution >= 4 is 84.4 Å². The number of nitrogens with one attached hydrogen (secondary N) is 1. The van der Waals surface area contributed by atoms with Gasteiger partial charge >= 0.3 is 0 Å². The molecular weight excluding hydrogens is 905 g/mol. The number of carbonyl (C=O) groups is 4. The topological polar surface area (TPSA) is 146 Å². The van der Waals surface area contributed by atoms with Gasteiger partial charge in [0.25, 0.3) is 11.8 Å². The number of amides is 4. The van der Waals surface area contributed by atoms with Crippen molar-refractivity contribution in [2.45, 2.75) is 30.6 Å². The van der Waals surface area contributed by atoms with E-state index in [1.54, 1.807) is 66.7 Å². The van der Waals surface area contributed by atoms with Crippen LogP contribution in [0.1, 0.15) is 35.4 Å². The molecule has 4 aromatic rings. The molecule has 294 valence electrons. The molecule has 2 aliphatic carbocycles. The molecule has 6 atom stereocenters. The van der Waals surface area contributed by atoms with E-state index >= 15 is 9.59 Å². The lowest BCUT2D eigenvalue weighted by atomic mass is 9.49. The SMILES string of the molecule is COc1ccc([C@@]23C(=O)N(Nc4ccc(Cl)cc4Cl)C(=O)[C@@H]2C[C@@H]2C(=CC[C@@H]4C(=O)N(CCc5ccc(O)cc5)C(=O)[C@@H]42)[C@@H]3c2cc(OC)c(O)c(Br)c2Br)cc1. The minimum absolute atomic E-state index is 0.0749. The third kappa shape index (κ3) is 6.20. The Bertz CT molecular complexity index is 2380. The Morgan fingerprint density at radius 2 is 1.58 bits per heavy atom. The Labute approximate surface area is 354 Å². The molecule has 15 heteroatoms. The number of phenols is 2. The van der Waals surface area contributed by atoms with Gasteiger partial charge in [0.2, 0.25) is 11.8 Å². The van der Waals surface area contributed by atoms with Crippen LogP contribution >= 0.6 is 55.1 Å². The van der Waals surface area contributed by atoms with E-state index in [1.165, 1.54) is 25.2 Å². The second kappa shape index (κ2) is 15.0. The van der Waals surface area contributed by atoms with E-state index in [2.05, 4.69) is 37.3 Å². The van der Waals surface area contributed by atoms with Crippen LogP contribution in [-0.4, -0.2) is 64.5 Å². The van der Waals surface area contributed by atoms with Crippen LogP contribution < -0.4 is 14.9 Å². The fourth-order valence-electron chi connectivity index (χ4n) is 9.35. The second-order valence-electron chi connectivity index (χ2n) is 14.6. The standard InChI is InChI=1S/C42H35Br2Cl2N3O8/c1-56-24-10-5-21(6-11-24)42-29(39(53)49(41(42)55)47-31-14-7-22(45)17-30(31)46)18-27-25(34(42)28-19-32(57-2)37(51)36(44)35(28)43)12-13-26-33(27)40(54)48(38(26)52)16-15-20-3-8-23(50)9-4-20/h3-12,14,17,19,26-27,29,33-34,47,50-51H,13,15-16,18H2,1-2H3/t26-,27+,29-,33-,34+,42+/m0/s1. The lowest BCUT2D eigenvalue weighted by Crippen LogP contribution is -2.53. The Kier molecular flexibility index (Phi) is 10.3. The number of rotatable bonds is 9. The molecule has 4 aliphatic rings. The van der Waals surface area contributed by atoms with Crippen LogP contribution in [0, 0.1) is 23.7 Å². The molecule has 1 saturated carbocycles. The van der Waals surface area contributed by atoms with E-state index < -0.39 is 46.8 Å². The molecule has 4 amide bonds. The Balaban J connectivity index is 1.31. The lowest BCUT2D eigenvalue weighted by molar-refractivity contribution is -0.141. The maximum atomic E-state index is 15.6. The van der Waals surface area contributed by atoms with Crippen molar-refractivity contribution in [1.82, 2.24) is 9.91 Å². The fourth-order valence-corrected chi connectivity index (χ4v) is 10.8. The third-order valence-electron chi connectivity index (χ3n) is 11.9. The van der Waals surface area contributed by atoms with Gasteiger partial charge in [0, 0.05) is 22.0 Å². The number of aromatic hydroxyl groups is 2. The molecule has 3 N–H and O–H groups in total. The van der Waals surface area contributed by atoms with Gasteiger partial charge in [-0.05, 0) is 122 Å². The molecule has 2 heterocycles. The van der Waals surface area contributed by atoms with Gasteiger partial charge in [-0.25, -0.2) is 0 Å². The predicted octanol–water partition coefficient (Wildman–Crippen LogP) is 8.17. The largest absolute Gasteiger partial charge is 0.508 e. The minimum atomic E-state index is -1.63. The average Bonchev–Trinajstić information content (AvgIpc) is 3.58. The summed E-state index contributed by atoms with van der Waals surface area (Å²) in [5.41, 5.74) is 4.24. The summed E-state index contributed by atoms with van der Waals surface area (Å²) in [6.45, 7) is 0.144. The van der Waals surface area contributed by atoms with Crippen molar-refractivity contribution in [3.05, 3.63) is 120 Å². The Morgan fingerprint density at radius 1 is 0.860 bits per heavy atom. The van der Waals surface area contributed by atoms with Crippen molar-refractivity contribution in [3.8, 4) is 23.0 Å². The van der Waals surface area contributed by atoms with Crippen molar-refractivity contribution < 1.29 is 38.9 Å². The van der Waals surface area contributed by atoms with Crippen LogP contribution in [0.3, 0.4) is 0 Å². The highest BCUT2D eigenvalue weighted by molar-refractivity contribution is 9.13. The molecule has 8 rings (SSSR count). The number of halogens is 4. The summed E-state index contributed by atoms with van der Waals surface area (Å²) in [4.78, 5) is 60.6. The molecule has 2 saturated heterocycles. The van der Waals surface area contributed by atoms with Gasteiger partial charge in [-0.1, -0.05) is 59.1 Å². The molecule has 0 bridgehead atoms. The number of allylic oxidation sites excluding steroid dienone is 2. The van der Waals surface area contributed by atoms with Crippen molar-refractivity contribution in [2.24, 2.45) is 23.7 Å². The van der Waals surface area contributed by atoms with Crippen LogP contribution in [0.2, 0.25) is 10.0 Å². The molecule has 0 aromatic heterocycles. The number of hydrazine groups is 1. The average molecular weight is 940 g/mol. The Morgan fingerprint density at radius 3 is 2.25 bits per heavy atom. The summed E-state index contributed by atoms with van der Waals surface area (Å²) in [7, 11) is 2.95. The number of nitrogens with zero attached hydrogens (tertiary/aromatic N) is 2. The van der Waals surface area contributed by atoms with Gasteiger partial charge < -0.3 is 19.7 Å². The van der Waals surface area contributed by atoms with Crippen LogP contribution in [0.4, 0.5) is 5.69 Å². The predicted molar refractivity (Wildman–Crippen MR) is 219 cm³/mol. The first-order valence-corrected chi connectivity index (χ1v) is 20.5. The number of anilines is 1. The highest BCUT2D eigenvalue weighted by atomic mass is 79.9. The van der Waals surface area contributed by atoms with Crippen LogP contribution in [0.15, 0.2) is 93.4 Å². The summed E-state index contributed by atoms with van der Waals surface area (Å²) in [5, 5.41) is 22.4.